The van der Waals surface area contributed by atoms with E-state index in [2.05, 4.69) is 10.1 Å². The van der Waals surface area contributed by atoms with Crippen LogP contribution in [0, 0.1) is 5.82 Å². The molecule has 0 radical (unpaired) electrons. The summed E-state index contributed by atoms with van der Waals surface area (Å²) in [6, 6.07) is 9.82. The molecule has 0 bridgehead atoms. The van der Waals surface area contributed by atoms with Crippen molar-refractivity contribution in [2.75, 3.05) is 6.61 Å². The van der Waals surface area contributed by atoms with Crippen LogP contribution in [0.2, 0.25) is 0 Å². The van der Waals surface area contributed by atoms with Gasteiger partial charge in [-0.3, -0.25) is 9.48 Å². The lowest BCUT2D eigenvalue weighted by molar-refractivity contribution is 0.0743. The van der Waals surface area contributed by atoms with E-state index in [0.717, 1.165) is 16.8 Å². The highest BCUT2D eigenvalue weighted by molar-refractivity contribution is 5.96. The lowest BCUT2D eigenvalue weighted by Gasteiger charge is -2.17. The molecule has 0 saturated heterocycles. The molecular formula is C20H19FN4O2. The second kappa shape index (κ2) is 7.19. The quantitative estimate of drug-likeness (QED) is 0.696. The number of ether oxygens (including phenoxy) is 1. The van der Waals surface area contributed by atoms with Crippen molar-refractivity contribution in [1.29, 1.82) is 0 Å². The maximum atomic E-state index is 13.1. The van der Waals surface area contributed by atoms with E-state index in [1.54, 1.807) is 41.6 Å². The number of rotatable bonds is 5. The van der Waals surface area contributed by atoms with E-state index < -0.39 is 0 Å². The van der Waals surface area contributed by atoms with Gasteiger partial charge >= 0.3 is 0 Å². The number of hydrogen-bond donors (Lipinski definition) is 0. The van der Waals surface area contributed by atoms with Crippen LogP contribution in [0.3, 0.4) is 0 Å². The number of aromatic nitrogens is 3. The van der Waals surface area contributed by atoms with E-state index in [-0.39, 0.29) is 11.7 Å². The van der Waals surface area contributed by atoms with Crippen LogP contribution in [0.4, 0.5) is 4.39 Å². The highest BCUT2D eigenvalue weighted by Crippen LogP contribution is 2.27. The third kappa shape index (κ3) is 3.40. The fraction of sp³-hybridized carbons (Fsp3) is 0.250. The second-order valence-electron chi connectivity index (χ2n) is 6.35. The number of amides is 1. The van der Waals surface area contributed by atoms with E-state index >= 15 is 0 Å². The zero-order valence-electron chi connectivity index (χ0n) is 14.9. The Labute approximate surface area is 156 Å². The first kappa shape index (κ1) is 17.2. The van der Waals surface area contributed by atoms with Gasteiger partial charge in [0, 0.05) is 18.3 Å². The van der Waals surface area contributed by atoms with Gasteiger partial charge in [0.15, 0.2) is 0 Å². The lowest BCUT2D eigenvalue weighted by Crippen LogP contribution is -2.27. The van der Waals surface area contributed by atoms with Crippen molar-refractivity contribution in [1.82, 2.24) is 19.7 Å². The van der Waals surface area contributed by atoms with Crippen LogP contribution >= 0.6 is 0 Å². The maximum Gasteiger partial charge on any atom is 0.260 e. The predicted molar refractivity (Wildman–Crippen MR) is 96.7 cm³/mol. The van der Waals surface area contributed by atoms with Gasteiger partial charge in [-0.25, -0.2) is 9.37 Å². The number of pyridine rings is 1. The van der Waals surface area contributed by atoms with Crippen LogP contribution in [0.1, 0.15) is 34.1 Å². The first-order valence-corrected chi connectivity index (χ1v) is 8.80. The Balaban J connectivity index is 1.52. The Hall–Kier alpha value is -3.22. The summed E-state index contributed by atoms with van der Waals surface area (Å²) in [6.45, 7) is 3.81. The summed E-state index contributed by atoms with van der Waals surface area (Å²) in [6.07, 6.45) is 3.40. The zero-order chi connectivity index (χ0) is 18.8. The Morgan fingerprint density at radius 1 is 1.22 bits per heavy atom. The van der Waals surface area contributed by atoms with Gasteiger partial charge in [0.25, 0.3) is 5.91 Å². The van der Waals surface area contributed by atoms with Gasteiger partial charge in [-0.2, -0.15) is 5.10 Å². The molecule has 27 heavy (non-hydrogen) atoms. The molecule has 0 atom stereocenters. The molecule has 0 fully saturated rings. The number of hydrogen-bond acceptors (Lipinski definition) is 4. The van der Waals surface area contributed by atoms with E-state index in [9.17, 15) is 9.18 Å². The molecule has 2 aromatic heterocycles. The topological polar surface area (TPSA) is 60.2 Å². The SMILES string of the molecule is CCOc1ncccc1C(=O)N1Cc2cnn(Cc3ccc(F)cc3)c2C1. The lowest BCUT2D eigenvalue weighted by atomic mass is 10.2. The van der Waals surface area contributed by atoms with Gasteiger partial charge in [-0.15, -0.1) is 0 Å². The predicted octanol–water partition coefficient (Wildman–Crippen LogP) is 3.02. The Bertz CT molecular complexity index is 968. The summed E-state index contributed by atoms with van der Waals surface area (Å²) < 4.78 is 20.4. The molecule has 1 amide bonds. The number of benzene rings is 1. The van der Waals surface area contributed by atoms with Crippen LogP contribution in [0.25, 0.3) is 0 Å². The summed E-state index contributed by atoms with van der Waals surface area (Å²) in [5.74, 6) is -0.0206. The van der Waals surface area contributed by atoms with Gasteiger partial charge in [-0.05, 0) is 36.8 Å². The molecule has 0 saturated carbocycles. The smallest absolute Gasteiger partial charge is 0.260 e. The minimum atomic E-state index is -0.261. The minimum Gasteiger partial charge on any atom is -0.477 e. The molecular weight excluding hydrogens is 347 g/mol. The van der Waals surface area contributed by atoms with Crippen molar-refractivity contribution in [2.24, 2.45) is 0 Å². The highest BCUT2D eigenvalue weighted by Gasteiger charge is 2.29. The third-order valence-electron chi connectivity index (χ3n) is 4.55. The molecule has 3 heterocycles. The van der Waals surface area contributed by atoms with Gasteiger partial charge < -0.3 is 9.64 Å². The normalized spacial score (nSPS) is 12.9. The fourth-order valence-electron chi connectivity index (χ4n) is 3.23. The van der Waals surface area contributed by atoms with Gasteiger partial charge in [0.05, 0.1) is 31.6 Å². The Morgan fingerprint density at radius 2 is 2.04 bits per heavy atom. The molecule has 1 aliphatic heterocycles. The number of nitrogens with zero attached hydrogens (tertiary/aromatic N) is 4. The summed E-state index contributed by atoms with van der Waals surface area (Å²) in [4.78, 5) is 18.9. The van der Waals surface area contributed by atoms with E-state index in [1.807, 2.05) is 11.6 Å². The molecule has 0 N–H and O–H groups in total. The molecule has 4 rings (SSSR count). The second-order valence-corrected chi connectivity index (χ2v) is 6.35. The van der Waals surface area contributed by atoms with Crippen molar-refractivity contribution < 1.29 is 13.9 Å². The molecule has 3 aromatic rings. The monoisotopic (exact) mass is 366 g/mol. The number of carbonyl (C=O) groups excluding carboxylic acids is 1. The van der Waals surface area contributed by atoms with Crippen LogP contribution in [-0.4, -0.2) is 32.2 Å². The summed E-state index contributed by atoms with van der Waals surface area (Å²) in [7, 11) is 0. The molecule has 1 aromatic carbocycles. The largest absolute Gasteiger partial charge is 0.477 e. The Kier molecular flexibility index (Phi) is 4.58. The van der Waals surface area contributed by atoms with Crippen molar-refractivity contribution in [3.05, 3.63) is 77.0 Å². The number of halogens is 1. The maximum absolute atomic E-state index is 13.1. The highest BCUT2D eigenvalue weighted by atomic mass is 19.1. The average molecular weight is 366 g/mol. The van der Waals surface area contributed by atoms with Crippen LogP contribution in [0.15, 0.2) is 48.8 Å². The van der Waals surface area contributed by atoms with E-state index in [0.29, 0.717) is 37.7 Å². The van der Waals surface area contributed by atoms with E-state index in [4.69, 9.17) is 4.74 Å². The van der Waals surface area contributed by atoms with Crippen LogP contribution in [0.5, 0.6) is 5.88 Å². The summed E-state index contributed by atoms with van der Waals surface area (Å²) in [5.41, 5.74) is 3.43. The van der Waals surface area contributed by atoms with Crippen molar-refractivity contribution in [3.63, 3.8) is 0 Å². The molecule has 0 unspecified atom stereocenters. The summed E-state index contributed by atoms with van der Waals surface area (Å²) >= 11 is 0. The number of carbonyl (C=O) groups is 1. The zero-order valence-corrected chi connectivity index (χ0v) is 14.9. The molecule has 138 valence electrons. The number of fused-ring (bicyclic) bond motifs is 1. The molecule has 6 nitrogen and oxygen atoms in total. The van der Waals surface area contributed by atoms with Crippen molar-refractivity contribution >= 4 is 5.91 Å². The fourth-order valence-corrected chi connectivity index (χ4v) is 3.23. The van der Waals surface area contributed by atoms with Crippen molar-refractivity contribution in [3.8, 4) is 5.88 Å². The van der Waals surface area contributed by atoms with Gasteiger partial charge in [0.2, 0.25) is 5.88 Å². The van der Waals surface area contributed by atoms with Crippen molar-refractivity contribution in [2.45, 2.75) is 26.6 Å². The first-order valence-electron chi connectivity index (χ1n) is 8.80. The standard InChI is InChI=1S/C20H19FN4O2/c1-2-27-19-17(4-3-9-22-19)20(26)24-12-15-10-23-25(18(15)13-24)11-14-5-7-16(21)8-6-14/h3-10H,2,11-13H2,1H3. The van der Waals surface area contributed by atoms with Crippen LogP contribution < -0.4 is 4.74 Å². The molecule has 1 aliphatic rings. The Morgan fingerprint density at radius 3 is 2.81 bits per heavy atom. The van der Waals surface area contributed by atoms with E-state index in [1.165, 1.54) is 12.1 Å². The van der Waals surface area contributed by atoms with Crippen LogP contribution in [-0.2, 0) is 19.6 Å². The minimum absolute atomic E-state index is 0.115. The molecule has 0 spiro atoms. The average Bonchev–Trinajstić information content (AvgIpc) is 3.26. The third-order valence-corrected chi connectivity index (χ3v) is 4.55. The molecule has 0 aliphatic carbocycles. The van der Waals surface area contributed by atoms with Gasteiger partial charge in [0.1, 0.15) is 11.4 Å². The first-order chi connectivity index (χ1) is 13.2. The summed E-state index contributed by atoms with van der Waals surface area (Å²) in [5, 5.41) is 4.42. The van der Waals surface area contributed by atoms with Gasteiger partial charge in [-0.1, -0.05) is 12.1 Å². The molecule has 7 heteroatoms.